The molecule has 5 rings (SSSR count). The van der Waals surface area contributed by atoms with Crippen LogP contribution in [0.1, 0.15) is 71.0 Å². The summed E-state index contributed by atoms with van der Waals surface area (Å²) in [5.41, 5.74) is 3.05. The standard InChI is InChI=1S/C34H31NO4/c1-2-39-33(37)29-24-30(26-12-6-3-7-13-26)35(31(29)32(36)27-14-8-4-9-15-27)28-18-16-25(17-19-28)20-23-34(38)21-10-5-11-22-34/h3-4,6-9,12-19,24,38H,2,5,10-11,21-22H2,1H3. The van der Waals surface area contributed by atoms with Crippen molar-refractivity contribution in [2.45, 2.75) is 44.6 Å². The fourth-order valence-electron chi connectivity index (χ4n) is 5.06. The maximum Gasteiger partial charge on any atom is 0.340 e. The van der Waals surface area contributed by atoms with Crippen LogP contribution in [0.25, 0.3) is 16.9 Å². The Hall–Kier alpha value is -4.40. The van der Waals surface area contributed by atoms with Gasteiger partial charge in [-0.15, -0.1) is 0 Å². The van der Waals surface area contributed by atoms with Gasteiger partial charge in [-0.25, -0.2) is 4.79 Å². The molecule has 0 amide bonds. The average Bonchev–Trinajstić information content (AvgIpc) is 3.38. The predicted octanol–water partition coefficient (Wildman–Crippen LogP) is 6.60. The number of esters is 1. The Morgan fingerprint density at radius 1 is 0.897 bits per heavy atom. The minimum absolute atomic E-state index is 0.198. The quantitative estimate of drug-likeness (QED) is 0.178. The Balaban J connectivity index is 1.65. The summed E-state index contributed by atoms with van der Waals surface area (Å²) in [6, 6.07) is 27.9. The molecule has 3 aromatic carbocycles. The van der Waals surface area contributed by atoms with Gasteiger partial charge in [0.1, 0.15) is 11.3 Å². The first-order valence-corrected chi connectivity index (χ1v) is 13.4. The predicted molar refractivity (Wildman–Crippen MR) is 152 cm³/mol. The Morgan fingerprint density at radius 2 is 1.54 bits per heavy atom. The average molecular weight is 518 g/mol. The molecular weight excluding hydrogens is 486 g/mol. The zero-order valence-electron chi connectivity index (χ0n) is 22.0. The van der Waals surface area contributed by atoms with E-state index in [2.05, 4.69) is 11.8 Å². The van der Waals surface area contributed by atoms with Gasteiger partial charge in [0, 0.05) is 16.8 Å². The van der Waals surface area contributed by atoms with Crippen LogP contribution in [0.15, 0.2) is 91.0 Å². The molecule has 196 valence electrons. The summed E-state index contributed by atoms with van der Waals surface area (Å²) in [6.07, 6.45) is 4.51. The number of aliphatic hydroxyl groups is 1. The molecule has 1 saturated carbocycles. The molecule has 0 bridgehead atoms. The Morgan fingerprint density at radius 3 is 2.18 bits per heavy atom. The van der Waals surface area contributed by atoms with E-state index in [-0.39, 0.29) is 23.6 Å². The zero-order chi connectivity index (χ0) is 27.2. The van der Waals surface area contributed by atoms with Gasteiger partial charge in [0.2, 0.25) is 5.78 Å². The first kappa shape index (κ1) is 26.2. The topological polar surface area (TPSA) is 68.5 Å². The third-order valence-electron chi connectivity index (χ3n) is 7.06. The summed E-state index contributed by atoms with van der Waals surface area (Å²) in [4.78, 5) is 27.0. The summed E-state index contributed by atoms with van der Waals surface area (Å²) in [6.45, 7) is 1.94. The Labute approximate surface area is 229 Å². The lowest BCUT2D eigenvalue weighted by Crippen LogP contribution is -2.29. The van der Waals surface area contributed by atoms with Crippen LogP contribution >= 0.6 is 0 Å². The molecule has 0 radical (unpaired) electrons. The van der Waals surface area contributed by atoms with Crippen molar-refractivity contribution in [2.24, 2.45) is 0 Å². The normalized spacial score (nSPS) is 14.2. The lowest BCUT2D eigenvalue weighted by Gasteiger charge is -2.26. The van der Waals surface area contributed by atoms with E-state index in [9.17, 15) is 14.7 Å². The first-order chi connectivity index (χ1) is 19.0. The maximum atomic E-state index is 13.9. The van der Waals surface area contributed by atoms with Crippen molar-refractivity contribution < 1.29 is 19.4 Å². The smallest absolute Gasteiger partial charge is 0.340 e. The molecule has 39 heavy (non-hydrogen) atoms. The second-order valence-electron chi connectivity index (χ2n) is 9.80. The number of benzene rings is 3. The molecule has 1 aromatic heterocycles. The van der Waals surface area contributed by atoms with Gasteiger partial charge in [0.05, 0.1) is 17.9 Å². The van der Waals surface area contributed by atoms with Gasteiger partial charge in [-0.2, -0.15) is 0 Å². The molecule has 1 aliphatic rings. The third kappa shape index (κ3) is 5.72. The van der Waals surface area contributed by atoms with Crippen molar-refractivity contribution in [1.29, 1.82) is 0 Å². The van der Waals surface area contributed by atoms with E-state index in [1.54, 1.807) is 37.3 Å². The van der Waals surface area contributed by atoms with Gasteiger partial charge in [0.15, 0.2) is 0 Å². The first-order valence-electron chi connectivity index (χ1n) is 13.4. The van der Waals surface area contributed by atoms with E-state index in [0.29, 0.717) is 29.8 Å². The minimum atomic E-state index is -0.929. The van der Waals surface area contributed by atoms with E-state index in [4.69, 9.17) is 4.74 Å². The number of ketones is 1. The number of carbonyl (C=O) groups excluding carboxylic acids is 2. The molecule has 0 atom stereocenters. The summed E-state index contributed by atoms with van der Waals surface area (Å²) in [5, 5.41) is 10.8. The van der Waals surface area contributed by atoms with Crippen molar-refractivity contribution in [3.05, 3.63) is 113 Å². The maximum absolute atomic E-state index is 13.9. The number of aromatic nitrogens is 1. The summed E-state index contributed by atoms with van der Waals surface area (Å²) >= 11 is 0. The van der Waals surface area contributed by atoms with Crippen LogP contribution in [0.3, 0.4) is 0 Å². The van der Waals surface area contributed by atoms with Gasteiger partial charge in [-0.1, -0.05) is 78.9 Å². The van der Waals surface area contributed by atoms with E-state index >= 15 is 0 Å². The number of hydrogen-bond acceptors (Lipinski definition) is 4. The van der Waals surface area contributed by atoms with E-state index in [1.807, 2.05) is 65.2 Å². The van der Waals surface area contributed by atoms with Crippen LogP contribution in [-0.4, -0.2) is 33.6 Å². The monoisotopic (exact) mass is 517 g/mol. The zero-order valence-corrected chi connectivity index (χ0v) is 22.0. The van der Waals surface area contributed by atoms with Crippen molar-refractivity contribution in [2.75, 3.05) is 6.61 Å². The molecule has 0 saturated heterocycles. The molecule has 4 aromatic rings. The van der Waals surface area contributed by atoms with Crippen molar-refractivity contribution >= 4 is 11.8 Å². The van der Waals surface area contributed by atoms with Gasteiger partial charge in [-0.3, -0.25) is 4.79 Å². The van der Waals surface area contributed by atoms with Gasteiger partial charge in [0.25, 0.3) is 0 Å². The molecule has 1 N–H and O–H groups in total. The third-order valence-corrected chi connectivity index (χ3v) is 7.06. The lowest BCUT2D eigenvalue weighted by atomic mass is 9.85. The highest BCUT2D eigenvalue weighted by Crippen LogP contribution is 2.32. The van der Waals surface area contributed by atoms with Crippen LogP contribution in [0.4, 0.5) is 0 Å². The van der Waals surface area contributed by atoms with Gasteiger partial charge < -0.3 is 14.4 Å². The van der Waals surface area contributed by atoms with E-state index < -0.39 is 11.6 Å². The number of nitrogens with zero attached hydrogens (tertiary/aromatic N) is 1. The molecule has 1 aliphatic carbocycles. The fraction of sp³-hybridized carbons (Fsp3) is 0.235. The van der Waals surface area contributed by atoms with E-state index in [0.717, 1.165) is 30.4 Å². The molecule has 1 heterocycles. The van der Waals surface area contributed by atoms with Crippen LogP contribution < -0.4 is 0 Å². The largest absolute Gasteiger partial charge is 0.462 e. The Bertz CT molecular complexity index is 1520. The summed E-state index contributed by atoms with van der Waals surface area (Å²) in [5.74, 6) is 5.39. The SMILES string of the molecule is CCOC(=O)c1cc(-c2ccccc2)n(-c2ccc(C#CC3(O)CCCCC3)cc2)c1C(=O)c1ccccc1. The van der Waals surface area contributed by atoms with Crippen LogP contribution in [0.5, 0.6) is 0 Å². The summed E-state index contributed by atoms with van der Waals surface area (Å²) < 4.78 is 7.19. The molecule has 5 nitrogen and oxygen atoms in total. The second kappa shape index (κ2) is 11.6. The molecule has 5 heteroatoms. The molecular formula is C34H31NO4. The van der Waals surface area contributed by atoms with Crippen molar-refractivity contribution in [3.63, 3.8) is 0 Å². The van der Waals surface area contributed by atoms with Gasteiger partial charge >= 0.3 is 5.97 Å². The highest BCUT2D eigenvalue weighted by Gasteiger charge is 2.29. The minimum Gasteiger partial charge on any atom is -0.462 e. The summed E-state index contributed by atoms with van der Waals surface area (Å²) in [7, 11) is 0. The van der Waals surface area contributed by atoms with Crippen LogP contribution in [-0.2, 0) is 4.74 Å². The molecule has 0 aliphatic heterocycles. The molecule has 0 unspecified atom stereocenters. The molecule has 1 fully saturated rings. The second-order valence-corrected chi connectivity index (χ2v) is 9.80. The molecule has 0 spiro atoms. The highest BCUT2D eigenvalue weighted by atomic mass is 16.5. The highest BCUT2D eigenvalue weighted by molar-refractivity contribution is 6.15. The van der Waals surface area contributed by atoms with Crippen LogP contribution in [0, 0.1) is 11.8 Å². The van der Waals surface area contributed by atoms with E-state index in [1.165, 1.54) is 0 Å². The fourth-order valence-corrected chi connectivity index (χ4v) is 5.06. The van der Waals surface area contributed by atoms with Gasteiger partial charge in [-0.05, 0) is 68.5 Å². The lowest BCUT2D eigenvalue weighted by molar-refractivity contribution is 0.0523. The van der Waals surface area contributed by atoms with Crippen LogP contribution in [0.2, 0.25) is 0 Å². The van der Waals surface area contributed by atoms with Crippen molar-refractivity contribution in [1.82, 2.24) is 4.57 Å². The van der Waals surface area contributed by atoms with Crippen molar-refractivity contribution in [3.8, 4) is 28.8 Å². The number of rotatable bonds is 6. The number of ether oxygens (including phenoxy) is 1. The number of hydrogen-bond donors (Lipinski definition) is 1. The number of carbonyl (C=O) groups is 2. The Kier molecular flexibility index (Phi) is 7.76.